The molecule has 1 saturated heterocycles. The summed E-state index contributed by atoms with van der Waals surface area (Å²) < 4.78 is 5.26. The Morgan fingerprint density at radius 3 is 2.67 bits per heavy atom. The van der Waals surface area contributed by atoms with Crippen molar-refractivity contribution in [1.29, 1.82) is 0 Å². The SMILES string of the molecule is Cc1cc(-c2c(C)noc2C)nc([C@@H]2CCCCN2C(=O)CCC(=O)O)n1. The lowest BCUT2D eigenvalue weighted by Crippen LogP contribution is -2.39. The molecule has 0 aliphatic carbocycles. The Morgan fingerprint density at radius 2 is 2.00 bits per heavy atom. The topological polar surface area (TPSA) is 109 Å². The fourth-order valence-corrected chi connectivity index (χ4v) is 3.57. The Bertz CT molecular complexity index is 842. The molecule has 2 aromatic heterocycles. The summed E-state index contributed by atoms with van der Waals surface area (Å²) >= 11 is 0. The molecule has 1 fully saturated rings. The molecule has 0 unspecified atom stereocenters. The maximum Gasteiger partial charge on any atom is 0.303 e. The van der Waals surface area contributed by atoms with Gasteiger partial charge in [0.25, 0.3) is 0 Å². The third-order valence-electron chi connectivity index (χ3n) is 4.83. The van der Waals surface area contributed by atoms with E-state index in [1.165, 1.54) is 0 Å². The number of carbonyl (C=O) groups excluding carboxylic acids is 1. The standard InChI is InChI=1S/C19H24N4O4/c1-11-10-14(18-12(2)22-27-13(18)3)21-19(20-11)15-6-4-5-9-23(15)16(24)7-8-17(25)26/h10,15H,4-9H2,1-3H3,(H,25,26)/t15-/m0/s1. The molecule has 3 rings (SSSR count). The summed E-state index contributed by atoms with van der Waals surface area (Å²) in [6.45, 7) is 6.20. The molecule has 8 heteroatoms. The molecule has 1 N–H and O–H groups in total. The van der Waals surface area contributed by atoms with Gasteiger partial charge in [-0.25, -0.2) is 9.97 Å². The quantitative estimate of drug-likeness (QED) is 0.859. The highest BCUT2D eigenvalue weighted by molar-refractivity contribution is 5.81. The largest absolute Gasteiger partial charge is 0.481 e. The van der Waals surface area contributed by atoms with Crippen molar-refractivity contribution in [1.82, 2.24) is 20.0 Å². The second kappa shape index (κ2) is 7.85. The molecule has 0 saturated carbocycles. The number of rotatable bonds is 5. The van der Waals surface area contributed by atoms with Gasteiger partial charge in [-0.1, -0.05) is 5.16 Å². The van der Waals surface area contributed by atoms with Crippen molar-refractivity contribution in [3.05, 3.63) is 29.0 Å². The molecule has 0 radical (unpaired) electrons. The van der Waals surface area contributed by atoms with Crippen molar-refractivity contribution < 1.29 is 19.2 Å². The van der Waals surface area contributed by atoms with E-state index >= 15 is 0 Å². The number of hydrogen-bond acceptors (Lipinski definition) is 6. The fourth-order valence-electron chi connectivity index (χ4n) is 3.57. The van der Waals surface area contributed by atoms with Gasteiger partial charge >= 0.3 is 5.97 Å². The lowest BCUT2D eigenvalue weighted by molar-refractivity contribution is -0.142. The molecule has 1 amide bonds. The van der Waals surface area contributed by atoms with Crippen molar-refractivity contribution in [3.63, 3.8) is 0 Å². The van der Waals surface area contributed by atoms with Crippen LogP contribution >= 0.6 is 0 Å². The summed E-state index contributed by atoms with van der Waals surface area (Å²) in [7, 11) is 0. The van der Waals surface area contributed by atoms with E-state index in [1.54, 1.807) is 4.90 Å². The molecule has 0 bridgehead atoms. The summed E-state index contributed by atoms with van der Waals surface area (Å²) in [4.78, 5) is 34.4. The van der Waals surface area contributed by atoms with Crippen LogP contribution in [0, 0.1) is 20.8 Å². The number of carboxylic acids is 1. The Balaban J connectivity index is 1.93. The smallest absolute Gasteiger partial charge is 0.303 e. The third kappa shape index (κ3) is 4.15. The Morgan fingerprint density at radius 1 is 1.22 bits per heavy atom. The third-order valence-corrected chi connectivity index (χ3v) is 4.83. The van der Waals surface area contributed by atoms with Crippen molar-refractivity contribution in [3.8, 4) is 11.3 Å². The van der Waals surface area contributed by atoms with Crippen molar-refractivity contribution in [2.75, 3.05) is 6.54 Å². The molecule has 3 heterocycles. The average molecular weight is 372 g/mol. The Labute approximate surface area is 157 Å². The van der Waals surface area contributed by atoms with Crippen LogP contribution in [0.3, 0.4) is 0 Å². The van der Waals surface area contributed by atoms with E-state index in [9.17, 15) is 9.59 Å². The van der Waals surface area contributed by atoms with Crippen LogP contribution in [0.5, 0.6) is 0 Å². The minimum Gasteiger partial charge on any atom is -0.481 e. The van der Waals surface area contributed by atoms with E-state index < -0.39 is 5.97 Å². The van der Waals surface area contributed by atoms with E-state index in [2.05, 4.69) is 10.1 Å². The summed E-state index contributed by atoms with van der Waals surface area (Å²) in [6, 6.07) is 1.65. The number of aromatic nitrogens is 3. The number of likely N-dealkylation sites (tertiary alicyclic amines) is 1. The number of aliphatic carboxylic acids is 1. The fraction of sp³-hybridized carbons (Fsp3) is 0.526. The van der Waals surface area contributed by atoms with Gasteiger partial charge in [-0.3, -0.25) is 9.59 Å². The highest BCUT2D eigenvalue weighted by atomic mass is 16.5. The maximum atomic E-state index is 12.6. The molecule has 1 atom stereocenters. The highest BCUT2D eigenvalue weighted by Crippen LogP contribution is 2.32. The molecule has 1 aliphatic heterocycles. The molecule has 27 heavy (non-hydrogen) atoms. The minimum absolute atomic E-state index is 0.00558. The zero-order valence-corrected chi connectivity index (χ0v) is 15.9. The van der Waals surface area contributed by atoms with Gasteiger partial charge < -0.3 is 14.5 Å². The first-order chi connectivity index (χ1) is 12.9. The number of aryl methyl sites for hydroxylation is 3. The van der Waals surface area contributed by atoms with Gasteiger partial charge in [0.2, 0.25) is 5.91 Å². The molecule has 0 spiro atoms. The van der Waals surface area contributed by atoms with Crippen LogP contribution in [0.1, 0.15) is 61.1 Å². The summed E-state index contributed by atoms with van der Waals surface area (Å²) in [5.41, 5.74) is 3.15. The van der Waals surface area contributed by atoms with Gasteiger partial charge in [0.1, 0.15) is 5.76 Å². The van der Waals surface area contributed by atoms with Crippen molar-refractivity contribution in [2.24, 2.45) is 0 Å². The maximum absolute atomic E-state index is 12.6. The molecule has 2 aromatic rings. The number of hydrogen-bond donors (Lipinski definition) is 1. The molecule has 1 aliphatic rings. The van der Waals surface area contributed by atoms with Crippen LogP contribution in [-0.2, 0) is 9.59 Å². The van der Waals surface area contributed by atoms with Gasteiger partial charge in [-0.05, 0) is 46.1 Å². The zero-order valence-electron chi connectivity index (χ0n) is 15.9. The Kier molecular flexibility index (Phi) is 5.53. The number of nitrogens with zero attached hydrogens (tertiary/aromatic N) is 4. The van der Waals surface area contributed by atoms with Crippen LogP contribution in [0.15, 0.2) is 10.6 Å². The van der Waals surface area contributed by atoms with Crippen LogP contribution in [0.25, 0.3) is 11.3 Å². The van der Waals surface area contributed by atoms with Gasteiger partial charge in [-0.15, -0.1) is 0 Å². The van der Waals surface area contributed by atoms with Gasteiger partial charge in [0.15, 0.2) is 5.82 Å². The van der Waals surface area contributed by atoms with E-state index in [1.807, 2.05) is 26.8 Å². The highest BCUT2D eigenvalue weighted by Gasteiger charge is 2.30. The molecule has 144 valence electrons. The van der Waals surface area contributed by atoms with E-state index in [4.69, 9.17) is 14.6 Å². The zero-order chi connectivity index (χ0) is 19.6. The van der Waals surface area contributed by atoms with Crippen LogP contribution in [0.4, 0.5) is 0 Å². The van der Waals surface area contributed by atoms with Crippen LogP contribution < -0.4 is 0 Å². The number of amides is 1. The number of carboxylic acid groups (broad SMARTS) is 1. The van der Waals surface area contributed by atoms with E-state index in [-0.39, 0.29) is 24.8 Å². The predicted octanol–water partition coefficient (Wildman–Crippen LogP) is 2.98. The number of piperidine rings is 1. The first-order valence-corrected chi connectivity index (χ1v) is 9.17. The van der Waals surface area contributed by atoms with Gasteiger partial charge in [0.05, 0.1) is 29.4 Å². The van der Waals surface area contributed by atoms with Crippen molar-refractivity contribution >= 4 is 11.9 Å². The van der Waals surface area contributed by atoms with Gasteiger partial charge in [0, 0.05) is 18.7 Å². The predicted molar refractivity (Wildman–Crippen MR) is 96.9 cm³/mol. The molecular formula is C19H24N4O4. The lowest BCUT2D eigenvalue weighted by atomic mass is 10.00. The average Bonchev–Trinajstić information content (AvgIpc) is 2.97. The van der Waals surface area contributed by atoms with Crippen LogP contribution in [0.2, 0.25) is 0 Å². The van der Waals surface area contributed by atoms with Crippen LogP contribution in [-0.4, -0.2) is 43.6 Å². The lowest BCUT2D eigenvalue weighted by Gasteiger charge is -2.35. The van der Waals surface area contributed by atoms with E-state index in [0.29, 0.717) is 18.1 Å². The number of carbonyl (C=O) groups is 2. The summed E-state index contributed by atoms with van der Waals surface area (Å²) in [6.07, 6.45) is 2.47. The first kappa shape index (κ1) is 19.0. The normalized spacial score (nSPS) is 17.1. The Hall–Kier alpha value is -2.77. The minimum atomic E-state index is -0.968. The molecule has 0 aromatic carbocycles. The first-order valence-electron chi connectivity index (χ1n) is 9.17. The molecular weight excluding hydrogens is 348 g/mol. The van der Waals surface area contributed by atoms with Gasteiger partial charge in [-0.2, -0.15) is 0 Å². The second-order valence-electron chi connectivity index (χ2n) is 6.94. The van der Waals surface area contributed by atoms with Crippen molar-refractivity contribution in [2.45, 2.75) is 58.9 Å². The monoisotopic (exact) mass is 372 g/mol. The summed E-state index contributed by atoms with van der Waals surface area (Å²) in [5, 5.41) is 12.9. The second-order valence-corrected chi connectivity index (χ2v) is 6.94. The van der Waals surface area contributed by atoms with E-state index in [0.717, 1.165) is 41.9 Å². The molecule has 8 nitrogen and oxygen atoms in total. The summed E-state index contributed by atoms with van der Waals surface area (Å²) in [5.74, 6) is 0.151.